The zero-order valence-electron chi connectivity index (χ0n) is 11.6. The zero-order chi connectivity index (χ0) is 15.2. The minimum absolute atomic E-state index is 0.243. The number of hydrogen-bond donors (Lipinski definition) is 1. The van der Waals surface area contributed by atoms with Crippen molar-refractivity contribution in [2.75, 3.05) is 0 Å². The van der Waals surface area contributed by atoms with E-state index in [4.69, 9.17) is 8.83 Å². The second-order valence-corrected chi connectivity index (χ2v) is 4.40. The van der Waals surface area contributed by atoms with Gasteiger partial charge in [0, 0.05) is 18.5 Å². The van der Waals surface area contributed by atoms with Crippen molar-refractivity contribution in [3.05, 3.63) is 66.7 Å². The van der Waals surface area contributed by atoms with Gasteiger partial charge in [-0.15, -0.1) is 0 Å². The number of hydrogen-bond acceptors (Lipinski definition) is 5. The Hall–Kier alpha value is -3.15. The summed E-state index contributed by atoms with van der Waals surface area (Å²) in [6.45, 7) is 0.255. The van der Waals surface area contributed by atoms with Crippen LogP contribution in [0.1, 0.15) is 11.5 Å². The smallest absolute Gasteiger partial charge is 0.244 e. The third kappa shape index (κ3) is 3.29. The summed E-state index contributed by atoms with van der Waals surface area (Å²) in [5.41, 5.74) is 1.25. The molecule has 6 heteroatoms. The molecule has 3 aromatic rings. The van der Waals surface area contributed by atoms with Crippen LogP contribution in [-0.4, -0.2) is 15.9 Å². The lowest BCUT2D eigenvalue weighted by Crippen LogP contribution is -2.21. The molecule has 0 fully saturated rings. The Kier molecular flexibility index (Phi) is 4.10. The van der Waals surface area contributed by atoms with Crippen molar-refractivity contribution < 1.29 is 13.6 Å². The molecule has 0 radical (unpaired) electrons. The van der Waals surface area contributed by atoms with Crippen molar-refractivity contribution in [3.8, 4) is 11.5 Å². The average Bonchev–Trinajstić information content (AvgIpc) is 3.24. The highest BCUT2D eigenvalue weighted by Crippen LogP contribution is 2.19. The predicted octanol–water partition coefficient (Wildman–Crippen LogP) is 2.66. The van der Waals surface area contributed by atoms with Gasteiger partial charge in [0.25, 0.3) is 0 Å². The summed E-state index contributed by atoms with van der Waals surface area (Å²) in [6.07, 6.45) is 9.28. The molecule has 1 amide bonds. The van der Waals surface area contributed by atoms with Gasteiger partial charge < -0.3 is 14.2 Å². The third-order valence-corrected chi connectivity index (χ3v) is 2.90. The van der Waals surface area contributed by atoms with E-state index in [0.717, 1.165) is 0 Å². The molecular formula is C16H13N3O3. The van der Waals surface area contributed by atoms with Gasteiger partial charge in [-0.2, -0.15) is 0 Å². The first-order valence-corrected chi connectivity index (χ1v) is 6.66. The van der Waals surface area contributed by atoms with Gasteiger partial charge in [-0.3, -0.25) is 9.78 Å². The molecule has 0 spiro atoms. The van der Waals surface area contributed by atoms with Crippen LogP contribution in [0.25, 0.3) is 17.5 Å². The van der Waals surface area contributed by atoms with E-state index in [9.17, 15) is 4.79 Å². The fourth-order valence-corrected chi connectivity index (χ4v) is 1.89. The monoisotopic (exact) mass is 295 g/mol. The second kappa shape index (κ2) is 6.53. The Morgan fingerprint density at radius 3 is 2.73 bits per heavy atom. The van der Waals surface area contributed by atoms with Crippen LogP contribution < -0.4 is 5.32 Å². The van der Waals surface area contributed by atoms with Gasteiger partial charge in [0.2, 0.25) is 5.91 Å². The zero-order valence-corrected chi connectivity index (χ0v) is 11.6. The van der Waals surface area contributed by atoms with Crippen molar-refractivity contribution in [1.82, 2.24) is 15.3 Å². The van der Waals surface area contributed by atoms with E-state index in [1.165, 1.54) is 6.08 Å². The van der Waals surface area contributed by atoms with Gasteiger partial charge in [-0.1, -0.05) is 0 Å². The van der Waals surface area contributed by atoms with Crippen molar-refractivity contribution in [1.29, 1.82) is 0 Å². The summed E-state index contributed by atoms with van der Waals surface area (Å²) in [5.74, 6) is 0.988. The molecule has 0 aliphatic carbocycles. The Morgan fingerprint density at radius 1 is 1.14 bits per heavy atom. The fourth-order valence-electron chi connectivity index (χ4n) is 1.89. The highest BCUT2D eigenvalue weighted by atomic mass is 16.3. The molecule has 3 aromatic heterocycles. The van der Waals surface area contributed by atoms with Crippen LogP contribution in [0, 0.1) is 0 Å². The van der Waals surface area contributed by atoms with E-state index in [1.54, 1.807) is 55.3 Å². The van der Waals surface area contributed by atoms with Gasteiger partial charge >= 0.3 is 0 Å². The first kappa shape index (κ1) is 13.8. The van der Waals surface area contributed by atoms with E-state index in [-0.39, 0.29) is 12.5 Å². The van der Waals surface area contributed by atoms with Gasteiger partial charge in [0.05, 0.1) is 24.8 Å². The summed E-state index contributed by atoms with van der Waals surface area (Å²) in [5, 5.41) is 2.75. The summed E-state index contributed by atoms with van der Waals surface area (Å²) in [6, 6.07) is 7.10. The highest BCUT2D eigenvalue weighted by Gasteiger charge is 2.10. The Morgan fingerprint density at radius 2 is 1.95 bits per heavy atom. The summed E-state index contributed by atoms with van der Waals surface area (Å²) < 4.78 is 10.4. The van der Waals surface area contributed by atoms with E-state index in [0.29, 0.717) is 22.9 Å². The van der Waals surface area contributed by atoms with Crippen molar-refractivity contribution in [2.45, 2.75) is 6.54 Å². The Labute approximate surface area is 126 Å². The number of rotatable bonds is 5. The molecule has 1 N–H and O–H groups in total. The number of nitrogens with one attached hydrogen (secondary N) is 1. The fraction of sp³-hybridized carbons (Fsp3) is 0.0625. The molecule has 0 aliphatic rings. The van der Waals surface area contributed by atoms with Crippen molar-refractivity contribution in [3.63, 3.8) is 0 Å². The van der Waals surface area contributed by atoms with E-state index in [2.05, 4.69) is 15.3 Å². The quantitative estimate of drug-likeness (QED) is 0.732. The SMILES string of the molecule is O=C(C=Cc1ccco1)NCc1nccnc1-c1ccco1. The first-order chi connectivity index (χ1) is 10.8. The number of carbonyl (C=O) groups is 1. The van der Waals surface area contributed by atoms with E-state index in [1.807, 2.05) is 0 Å². The summed E-state index contributed by atoms with van der Waals surface area (Å²) in [7, 11) is 0. The normalized spacial score (nSPS) is 10.9. The number of furan rings is 2. The standard InChI is InChI=1S/C16H13N3O3/c20-15(6-5-12-3-1-9-21-12)19-11-13-16(18-8-7-17-13)14-4-2-10-22-14/h1-10H,11H2,(H,19,20). The molecule has 0 bridgehead atoms. The topological polar surface area (TPSA) is 81.2 Å². The van der Waals surface area contributed by atoms with Crippen LogP contribution in [0.5, 0.6) is 0 Å². The van der Waals surface area contributed by atoms with Gasteiger partial charge in [0.1, 0.15) is 11.5 Å². The maximum atomic E-state index is 11.8. The number of amides is 1. The van der Waals surface area contributed by atoms with E-state index >= 15 is 0 Å². The van der Waals surface area contributed by atoms with Crippen LogP contribution in [-0.2, 0) is 11.3 Å². The molecule has 0 saturated carbocycles. The van der Waals surface area contributed by atoms with Crippen LogP contribution in [0.2, 0.25) is 0 Å². The van der Waals surface area contributed by atoms with Gasteiger partial charge in [-0.25, -0.2) is 4.98 Å². The molecule has 3 rings (SSSR count). The number of aromatic nitrogens is 2. The molecule has 0 atom stereocenters. The van der Waals surface area contributed by atoms with Crippen molar-refractivity contribution in [2.24, 2.45) is 0 Å². The van der Waals surface area contributed by atoms with Crippen LogP contribution in [0.4, 0.5) is 0 Å². The minimum Gasteiger partial charge on any atom is -0.465 e. The Balaban J connectivity index is 1.66. The van der Waals surface area contributed by atoms with Crippen LogP contribution in [0.3, 0.4) is 0 Å². The molecule has 3 heterocycles. The maximum Gasteiger partial charge on any atom is 0.244 e. The number of nitrogens with zero attached hydrogens (tertiary/aromatic N) is 2. The molecule has 0 aromatic carbocycles. The minimum atomic E-state index is -0.243. The lowest BCUT2D eigenvalue weighted by molar-refractivity contribution is -0.116. The largest absolute Gasteiger partial charge is 0.465 e. The predicted molar refractivity (Wildman–Crippen MR) is 79.3 cm³/mol. The Bertz CT molecular complexity index is 762. The first-order valence-electron chi connectivity index (χ1n) is 6.66. The lowest BCUT2D eigenvalue weighted by Gasteiger charge is -2.05. The van der Waals surface area contributed by atoms with Crippen LogP contribution in [0.15, 0.2) is 64.1 Å². The molecular weight excluding hydrogens is 282 g/mol. The van der Waals surface area contributed by atoms with Gasteiger partial charge in [0.15, 0.2) is 5.76 Å². The van der Waals surface area contributed by atoms with Gasteiger partial charge in [-0.05, 0) is 30.3 Å². The molecule has 0 aliphatic heterocycles. The van der Waals surface area contributed by atoms with Crippen molar-refractivity contribution >= 4 is 12.0 Å². The van der Waals surface area contributed by atoms with E-state index < -0.39 is 0 Å². The number of carbonyl (C=O) groups excluding carboxylic acids is 1. The molecule has 6 nitrogen and oxygen atoms in total. The highest BCUT2D eigenvalue weighted by molar-refractivity contribution is 5.91. The second-order valence-electron chi connectivity index (χ2n) is 4.40. The molecule has 0 saturated heterocycles. The molecule has 0 unspecified atom stereocenters. The lowest BCUT2D eigenvalue weighted by atomic mass is 10.2. The van der Waals surface area contributed by atoms with Crippen LogP contribution >= 0.6 is 0 Å². The molecule has 110 valence electrons. The summed E-state index contributed by atoms with van der Waals surface area (Å²) >= 11 is 0. The third-order valence-electron chi connectivity index (χ3n) is 2.90. The maximum absolute atomic E-state index is 11.8. The molecule has 22 heavy (non-hydrogen) atoms. The average molecular weight is 295 g/mol. The summed E-state index contributed by atoms with van der Waals surface area (Å²) in [4.78, 5) is 20.3.